The van der Waals surface area contributed by atoms with E-state index in [0.29, 0.717) is 5.75 Å². The zero-order valence-corrected chi connectivity index (χ0v) is 18.2. The van der Waals surface area contributed by atoms with E-state index in [9.17, 15) is 35.1 Å². The maximum absolute atomic E-state index is 12.5. The van der Waals surface area contributed by atoms with Crippen molar-refractivity contribution in [2.75, 3.05) is 5.32 Å². The molecule has 0 spiro atoms. The first-order valence-electron chi connectivity index (χ1n) is 9.66. The van der Waals surface area contributed by atoms with Crippen LogP contribution in [0.5, 0.6) is 11.5 Å². The van der Waals surface area contributed by atoms with Gasteiger partial charge >= 0.3 is 11.5 Å². The molecule has 0 radical (unpaired) electrons. The smallest absolute Gasteiger partial charge is 0.457 e. The molecule has 0 aliphatic rings. The number of nitro groups is 3. The van der Waals surface area contributed by atoms with Gasteiger partial charge in [-0.05, 0) is 49.0 Å². The van der Waals surface area contributed by atoms with Crippen molar-refractivity contribution in [3.8, 4) is 11.5 Å². The van der Waals surface area contributed by atoms with Gasteiger partial charge in [0, 0.05) is 12.1 Å². The van der Waals surface area contributed by atoms with Crippen LogP contribution in [0.2, 0.25) is 0 Å². The third-order valence-corrected chi connectivity index (χ3v) is 4.62. The van der Waals surface area contributed by atoms with Crippen molar-refractivity contribution in [1.82, 2.24) is 9.78 Å². The van der Waals surface area contributed by atoms with Crippen LogP contribution in [0.4, 0.5) is 22.9 Å². The Labute approximate surface area is 191 Å². The fourth-order valence-corrected chi connectivity index (χ4v) is 3.30. The number of nitrogens with one attached hydrogen (secondary N) is 1. The molecule has 1 N–H and O–H groups in total. The van der Waals surface area contributed by atoms with Crippen molar-refractivity contribution in [3.63, 3.8) is 0 Å². The first-order chi connectivity index (χ1) is 15.9. The van der Waals surface area contributed by atoms with E-state index in [1.54, 1.807) is 12.1 Å². The van der Waals surface area contributed by atoms with E-state index in [-0.39, 0.29) is 22.8 Å². The Morgan fingerprint density at radius 1 is 0.912 bits per heavy atom. The average Bonchev–Trinajstić information content (AvgIpc) is 3.03. The number of amides is 1. The van der Waals surface area contributed by atoms with E-state index < -0.39 is 38.7 Å². The lowest BCUT2D eigenvalue weighted by atomic mass is 10.1. The second kappa shape index (κ2) is 9.32. The van der Waals surface area contributed by atoms with Gasteiger partial charge in [0.2, 0.25) is 5.91 Å². The van der Waals surface area contributed by atoms with Crippen molar-refractivity contribution in [2.45, 2.75) is 27.3 Å². The quantitative estimate of drug-likeness (QED) is 0.375. The van der Waals surface area contributed by atoms with E-state index >= 15 is 0 Å². The lowest BCUT2D eigenvalue weighted by Crippen LogP contribution is -2.20. The van der Waals surface area contributed by atoms with Crippen LogP contribution in [0.1, 0.15) is 16.8 Å². The molecule has 34 heavy (non-hydrogen) atoms. The Kier molecular flexibility index (Phi) is 6.51. The second-order valence-corrected chi connectivity index (χ2v) is 7.38. The number of nitro benzene ring substituents is 1. The van der Waals surface area contributed by atoms with Crippen LogP contribution in [-0.2, 0) is 11.3 Å². The minimum Gasteiger partial charge on any atom is -0.457 e. The predicted octanol–water partition coefficient (Wildman–Crippen LogP) is 3.96. The number of carbonyl (C=O) groups is 1. The highest BCUT2D eigenvalue weighted by Gasteiger charge is 2.35. The van der Waals surface area contributed by atoms with Gasteiger partial charge in [-0.15, -0.1) is 0 Å². The van der Waals surface area contributed by atoms with E-state index in [1.807, 2.05) is 19.9 Å². The molecule has 0 unspecified atom stereocenters. The zero-order chi connectivity index (χ0) is 25.2. The number of aromatic nitrogens is 2. The highest BCUT2D eigenvalue weighted by molar-refractivity contribution is 5.91. The summed E-state index contributed by atoms with van der Waals surface area (Å²) in [5.74, 6) is -1.22. The molecule has 0 fully saturated rings. The number of carbonyl (C=O) groups excluding carboxylic acids is 1. The van der Waals surface area contributed by atoms with Crippen LogP contribution >= 0.6 is 0 Å². The van der Waals surface area contributed by atoms with Crippen LogP contribution in [0.25, 0.3) is 0 Å². The number of anilines is 1. The Bertz CT molecular complexity index is 1310. The first-order valence-corrected chi connectivity index (χ1v) is 9.66. The molecular formula is C20H18N6O8. The molecule has 1 amide bonds. The standard InChI is InChI=1S/C20H18N6O8/c1-11-4-12(2)6-16(5-11)34-17-8-14(7-15(9-17)24(28)29)21-18(27)10-23-13(3)19(25(30)31)20(22-23)26(32)33/h4-9H,10H2,1-3H3,(H,21,27). The second-order valence-electron chi connectivity index (χ2n) is 7.38. The number of rotatable bonds is 8. The maximum Gasteiger partial charge on any atom is 0.468 e. The Morgan fingerprint density at radius 3 is 2.06 bits per heavy atom. The Hall–Kier alpha value is -4.88. The van der Waals surface area contributed by atoms with Crippen LogP contribution in [-0.4, -0.2) is 30.5 Å². The molecule has 0 bridgehead atoms. The third-order valence-electron chi connectivity index (χ3n) is 4.62. The number of hydrogen-bond donors (Lipinski definition) is 1. The normalized spacial score (nSPS) is 10.6. The monoisotopic (exact) mass is 470 g/mol. The molecular weight excluding hydrogens is 452 g/mol. The molecule has 14 nitrogen and oxygen atoms in total. The number of hydrogen-bond acceptors (Lipinski definition) is 9. The van der Waals surface area contributed by atoms with Gasteiger partial charge in [-0.1, -0.05) is 6.07 Å². The molecule has 0 saturated heterocycles. The topological polar surface area (TPSA) is 186 Å². The number of nitrogens with zero attached hydrogens (tertiary/aromatic N) is 5. The molecule has 0 saturated carbocycles. The fourth-order valence-electron chi connectivity index (χ4n) is 3.30. The van der Waals surface area contributed by atoms with Crippen molar-refractivity contribution in [1.29, 1.82) is 0 Å². The number of aryl methyl sites for hydroxylation is 2. The van der Waals surface area contributed by atoms with Crippen LogP contribution in [0, 0.1) is 51.1 Å². The van der Waals surface area contributed by atoms with Gasteiger partial charge in [-0.25, -0.2) is 0 Å². The summed E-state index contributed by atoms with van der Waals surface area (Å²) in [6, 6.07) is 9.07. The van der Waals surface area contributed by atoms with Gasteiger partial charge in [-0.2, -0.15) is 4.68 Å². The van der Waals surface area contributed by atoms with Crippen LogP contribution in [0.3, 0.4) is 0 Å². The SMILES string of the molecule is Cc1cc(C)cc(Oc2cc(NC(=O)Cn3nc([N+](=O)[O-])c([N+](=O)[O-])c3C)cc([N+](=O)[O-])c2)c1. The van der Waals surface area contributed by atoms with E-state index in [2.05, 4.69) is 10.4 Å². The number of non-ortho nitro benzene ring substituents is 1. The maximum atomic E-state index is 12.5. The van der Waals surface area contributed by atoms with Crippen molar-refractivity contribution < 1.29 is 24.3 Å². The first kappa shape index (κ1) is 23.8. The van der Waals surface area contributed by atoms with E-state index in [0.717, 1.165) is 21.9 Å². The number of benzene rings is 2. The van der Waals surface area contributed by atoms with Crippen LogP contribution < -0.4 is 10.1 Å². The van der Waals surface area contributed by atoms with Gasteiger partial charge in [0.1, 0.15) is 23.7 Å². The summed E-state index contributed by atoms with van der Waals surface area (Å²) in [5, 5.41) is 39.5. The Morgan fingerprint density at radius 2 is 1.53 bits per heavy atom. The molecule has 0 atom stereocenters. The van der Waals surface area contributed by atoms with E-state index in [1.165, 1.54) is 19.1 Å². The van der Waals surface area contributed by atoms with Gasteiger partial charge in [-0.3, -0.25) is 25.0 Å². The minimum absolute atomic E-state index is 0.0207. The molecule has 3 rings (SSSR count). The van der Waals surface area contributed by atoms with E-state index in [4.69, 9.17) is 4.74 Å². The minimum atomic E-state index is -1.02. The lowest BCUT2D eigenvalue weighted by molar-refractivity contribution is -0.424. The fraction of sp³-hybridized carbons (Fsp3) is 0.200. The number of ether oxygens (including phenoxy) is 1. The summed E-state index contributed by atoms with van der Waals surface area (Å²) < 4.78 is 6.55. The summed E-state index contributed by atoms with van der Waals surface area (Å²) >= 11 is 0. The van der Waals surface area contributed by atoms with Gasteiger partial charge in [0.05, 0.1) is 26.7 Å². The summed E-state index contributed by atoms with van der Waals surface area (Å²) in [5.41, 5.74) is 0.506. The molecule has 14 heteroatoms. The summed E-state index contributed by atoms with van der Waals surface area (Å²) in [4.78, 5) is 43.4. The molecule has 0 aliphatic heterocycles. The summed E-state index contributed by atoms with van der Waals surface area (Å²) in [7, 11) is 0. The molecule has 0 aliphatic carbocycles. The predicted molar refractivity (Wildman–Crippen MR) is 118 cm³/mol. The largest absolute Gasteiger partial charge is 0.468 e. The molecule has 2 aromatic carbocycles. The highest BCUT2D eigenvalue weighted by Crippen LogP contribution is 2.31. The molecule has 3 aromatic rings. The zero-order valence-electron chi connectivity index (χ0n) is 18.2. The Balaban J connectivity index is 1.87. The molecule has 176 valence electrons. The van der Waals surface area contributed by atoms with Gasteiger partial charge in [0.15, 0.2) is 0 Å². The highest BCUT2D eigenvalue weighted by atomic mass is 16.6. The summed E-state index contributed by atoms with van der Waals surface area (Å²) in [6.45, 7) is 4.35. The van der Waals surface area contributed by atoms with Crippen molar-refractivity contribution in [3.05, 3.63) is 83.6 Å². The lowest BCUT2D eigenvalue weighted by Gasteiger charge is -2.10. The van der Waals surface area contributed by atoms with Gasteiger partial charge < -0.3 is 20.2 Å². The van der Waals surface area contributed by atoms with Crippen LogP contribution in [0.15, 0.2) is 36.4 Å². The summed E-state index contributed by atoms with van der Waals surface area (Å²) in [6.07, 6.45) is 0. The molecule has 1 heterocycles. The molecule has 1 aromatic heterocycles. The third kappa shape index (κ3) is 5.29. The van der Waals surface area contributed by atoms with Crippen molar-refractivity contribution in [2.24, 2.45) is 0 Å². The van der Waals surface area contributed by atoms with Gasteiger partial charge in [0.25, 0.3) is 5.69 Å². The van der Waals surface area contributed by atoms with Crippen molar-refractivity contribution >= 4 is 28.8 Å². The average molecular weight is 470 g/mol.